The lowest BCUT2D eigenvalue weighted by Crippen LogP contribution is -2.61. The molecule has 2 heterocycles. The topological polar surface area (TPSA) is 49.9 Å². The van der Waals surface area contributed by atoms with E-state index in [2.05, 4.69) is 29.2 Å². The molecular formula is C19H22N2O3S. The summed E-state index contributed by atoms with van der Waals surface area (Å²) in [5.74, 6) is 0.401. The van der Waals surface area contributed by atoms with Crippen LogP contribution in [0.4, 0.5) is 0 Å². The normalized spacial score (nSPS) is 19.2. The summed E-state index contributed by atoms with van der Waals surface area (Å²) in [6.07, 6.45) is 1.03. The standard InChI is InChI=1S/C19H22N2O3S/c1-24-18-8-4-5-9-19(18)25(22,23)21-13-17(14-21)20-11-10-15-6-2-3-7-16(15)12-20/h2-9,17H,10-14H2,1H3. The molecule has 0 saturated carbocycles. The fourth-order valence-electron chi connectivity index (χ4n) is 3.64. The Bertz CT molecular complexity index is 876. The largest absolute Gasteiger partial charge is 0.495 e. The van der Waals surface area contributed by atoms with E-state index in [1.807, 2.05) is 0 Å². The summed E-state index contributed by atoms with van der Waals surface area (Å²) >= 11 is 0. The molecule has 1 saturated heterocycles. The van der Waals surface area contributed by atoms with E-state index in [1.165, 1.54) is 18.2 Å². The van der Waals surface area contributed by atoms with Crippen LogP contribution in [-0.4, -0.2) is 50.4 Å². The van der Waals surface area contributed by atoms with Crippen LogP contribution >= 0.6 is 0 Å². The molecule has 2 aromatic rings. The molecule has 0 unspecified atom stereocenters. The Hall–Kier alpha value is -1.89. The van der Waals surface area contributed by atoms with E-state index in [4.69, 9.17) is 4.74 Å². The predicted molar refractivity (Wildman–Crippen MR) is 96.1 cm³/mol. The summed E-state index contributed by atoms with van der Waals surface area (Å²) in [4.78, 5) is 2.65. The van der Waals surface area contributed by atoms with Gasteiger partial charge in [0.1, 0.15) is 10.6 Å². The highest BCUT2D eigenvalue weighted by molar-refractivity contribution is 7.89. The molecule has 4 rings (SSSR count). The van der Waals surface area contributed by atoms with Crippen LogP contribution < -0.4 is 4.74 Å². The summed E-state index contributed by atoms with van der Waals surface area (Å²) < 4.78 is 32.5. The molecule has 2 aliphatic heterocycles. The molecule has 0 bridgehead atoms. The molecule has 0 amide bonds. The van der Waals surface area contributed by atoms with Crippen molar-refractivity contribution in [2.45, 2.75) is 23.9 Å². The third-order valence-corrected chi connectivity index (χ3v) is 7.06. The van der Waals surface area contributed by atoms with E-state index in [-0.39, 0.29) is 10.9 Å². The third kappa shape index (κ3) is 2.94. The van der Waals surface area contributed by atoms with Gasteiger partial charge in [-0.2, -0.15) is 4.31 Å². The lowest BCUT2D eigenvalue weighted by Gasteiger charge is -2.46. The molecule has 0 radical (unpaired) electrons. The van der Waals surface area contributed by atoms with Gasteiger partial charge in [-0.25, -0.2) is 8.42 Å². The van der Waals surface area contributed by atoms with Crippen LogP contribution in [0.5, 0.6) is 5.75 Å². The lowest BCUT2D eigenvalue weighted by molar-refractivity contribution is 0.0768. The van der Waals surface area contributed by atoms with Crippen molar-refractivity contribution in [1.82, 2.24) is 9.21 Å². The van der Waals surface area contributed by atoms with Crippen LogP contribution in [0.25, 0.3) is 0 Å². The average Bonchev–Trinajstić information content (AvgIpc) is 2.60. The van der Waals surface area contributed by atoms with Gasteiger partial charge in [-0.1, -0.05) is 36.4 Å². The van der Waals surface area contributed by atoms with Gasteiger partial charge in [0.25, 0.3) is 0 Å². The van der Waals surface area contributed by atoms with Crippen LogP contribution in [0, 0.1) is 0 Å². The minimum absolute atomic E-state index is 0.250. The highest BCUT2D eigenvalue weighted by Gasteiger charge is 2.41. The van der Waals surface area contributed by atoms with Crippen molar-refractivity contribution in [3.63, 3.8) is 0 Å². The Kier molecular flexibility index (Phi) is 4.27. The van der Waals surface area contributed by atoms with Crippen LogP contribution in [0.3, 0.4) is 0 Å². The summed E-state index contributed by atoms with van der Waals surface area (Å²) in [6.45, 7) is 2.98. The molecule has 5 nitrogen and oxygen atoms in total. The van der Waals surface area contributed by atoms with Gasteiger partial charge in [-0.05, 0) is 29.7 Å². The first-order chi connectivity index (χ1) is 12.1. The number of benzene rings is 2. The first-order valence-corrected chi connectivity index (χ1v) is 9.97. The SMILES string of the molecule is COc1ccccc1S(=O)(=O)N1CC(N2CCc3ccccc3C2)C1. The van der Waals surface area contributed by atoms with E-state index in [0.717, 1.165) is 19.5 Å². The fourth-order valence-corrected chi connectivity index (χ4v) is 5.32. The smallest absolute Gasteiger partial charge is 0.246 e. The molecule has 2 aromatic carbocycles. The monoisotopic (exact) mass is 358 g/mol. The molecule has 0 N–H and O–H groups in total. The van der Waals surface area contributed by atoms with Crippen LogP contribution in [-0.2, 0) is 23.0 Å². The van der Waals surface area contributed by atoms with Gasteiger partial charge in [0.05, 0.1) is 7.11 Å². The number of sulfonamides is 1. The Balaban J connectivity index is 1.45. The van der Waals surface area contributed by atoms with Gasteiger partial charge < -0.3 is 4.74 Å². The zero-order valence-electron chi connectivity index (χ0n) is 14.3. The Morgan fingerprint density at radius 3 is 2.44 bits per heavy atom. The van der Waals surface area contributed by atoms with Crippen LogP contribution in [0.15, 0.2) is 53.4 Å². The molecule has 0 aliphatic carbocycles. The van der Waals surface area contributed by atoms with E-state index in [9.17, 15) is 8.42 Å². The second-order valence-electron chi connectivity index (χ2n) is 6.62. The van der Waals surface area contributed by atoms with Gasteiger partial charge in [0.2, 0.25) is 10.0 Å². The molecule has 0 aromatic heterocycles. The van der Waals surface area contributed by atoms with Crippen molar-refractivity contribution in [3.8, 4) is 5.75 Å². The number of fused-ring (bicyclic) bond motifs is 1. The first kappa shape index (κ1) is 16.6. The van der Waals surface area contributed by atoms with E-state index in [1.54, 1.807) is 28.6 Å². The van der Waals surface area contributed by atoms with E-state index >= 15 is 0 Å². The number of nitrogens with zero attached hydrogens (tertiary/aromatic N) is 2. The molecule has 1 fully saturated rings. The number of hydrogen-bond donors (Lipinski definition) is 0. The van der Waals surface area contributed by atoms with Gasteiger partial charge in [-0.15, -0.1) is 0 Å². The fraction of sp³-hybridized carbons (Fsp3) is 0.368. The van der Waals surface area contributed by atoms with Gasteiger partial charge >= 0.3 is 0 Å². The van der Waals surface area contributed by atoms with E-state index < -0.39 is 10.0 Å². The maximum Gasteiger partial charge on any atom is 0.246 e. The Morgan fingerprint density at radius 1 is 1.00 bits per heavy atom. The third-order valence-electron chi connectivity index (χ3n) is 5.19. The lowest BCUT2D eigenvalue weighted by atomic mass is 9.97. The predicted octanol–water partition coefficient (Wildman–Crippen LogP) is 2.13. The summed E-state index contributed by atoms with van der Waals surface area (Å²) in [6, 6.07) is 15.6. The number of rotatable bonds is 4. The highest BCUT2D eigenvalue weighted by Crippen LogP contribution is 2.31. The zero-order chi connectivity index (χ0) is 17.4. The highest BCUT2D eigenvalue weighted by atomic mass is 32.2. The second kappa shape index (κ2) is 6.44. The Morgan fingerprint density at radius 2 is 1.68 bits per heavy atom. The van der Waals surface area contributed by atoms with Crippen molar-refractivity contribution in [2.24, 2.45) is 0 Å². The van der Waals surface area contributed by atoms with Gasteiger partial charge in [0, 0.05) is 32.2 Å². The number of para-hydroxylation sites is 1. The summed E-state index contributed by atoms with van der Waals surface area (Å²) in [7, 11) is -2.00. The minimum atomic E-state index is -3.50. The second-order valence-corrected chi connectivity index (χ2v) is 8.52. The zero-order valence-corrected chi connectivity index (χ0v) is 15.1. The number of hydrogen-bond acceptors (Lipinski definition) is 4. The molecule has 25 heavy (non-hydrogen) atoms. The quantitative estimate of drug-likeness (QED) is 0.840. The first-order valence-electron chi connectivity index (χ1n) is 8.53. The van der Waals surface area contributed by atoms with E-state index in [0.29, 0.717) is 18.8 Å². The maximum atomic E-state index is 12.8. The Labute approximate surface area is 148 Å². The molecule has 6 heteroatoms. The molecular weight excluding hydrogens is 336 g/mol. The van der Waals surface area contributed by atoms with Crippen molar-refractivity contribution in [2.75, 3.05) is 26.7 Å². The average molecular weight is 358 g/mol. The van der Waals surface area contributed by atoms with Crippen molar-refractivity contribution in [3.05, 3.63) is 59.7 Å². The molecule has 132 valence electrons. The molecule has 0 spiro atoms. The van der Waals surface area contributed by atoms with Gasteiger partial charge in [0.15, 0.2) is 0 Å². The number of ether oxygens (including phenoxy) is 1. The summed E-state index contributed by atoms with van der Waals surface area (Å²) in [5, 5.41) is 0. The van der Waals surface area contributed by atoms with Crippen LogP contribution in [0.1, 0.15) is 11.1 Å². The molecule has 2 aliphatic rings. The molecule has 0 atom stereocenters. The van der Waals surface area contributed by atoms with Crippen molar-refractivity contribution >= 4 is 10.0 Å². The van der Waals surface area contributed by atoms with Crippen molar-refractivity contribution in [1.29, 1.82) is 0 Å². The minimum Gasteiger partial charge on any atom is -0.495 e. The van der Waals surface area contributed by atoms with Crippen LogP contribution in [0.2, 0.25) is 0 Å². The summed E-state index contributed by atoms with van der Waals surface area (Å²) in [5.41, 5.74) is 2.77. The maximum absolute atomic E-state index is 12.8. The van der Waals surface area contributed by atoms with Gasteiger partial charge in [-0.3, -0.25) is 4.90 Å². The number of methoxy groups -OCH3 is 1. The van der Waals surface area contributed by atoms with Crippen molar-refractivity contribution < 1.29 is 13.2 Å².